The van der Waals surface area contributed by atoms with Crippen LogP contribution in [0.15, 0.2) is 51.7 Å². The smallest absolute Gasteiger partial charge is 0.208 e. The molecule has 5 heteroatoms. The van der Waals surface area contributed by atoms with E-state index in [4.69, 9.17) is 13.9 Å². The fraction of sp³-hybridized carbons (Fsp3) is 0.227. The number of para-hydroxylation sites is 1. The molecule has 0 fully saturated rings. The number of hydrogen-bond acceptors (Lipinski definition) is 5. The van der Waals surface area contributed by atoms with Crippen molar-refractivity contribution in [2.45, 2.75) is 19.4 Å². The maximum atomic E-state index is 13.0. The third kappa shape index (κ3) is 3.67. The lowest BCUT2D eigenvalue weighted by atomic mass is 10.0. The Morgan fingerprint density at radius 2 is 1.85 bits per heavy atom. The number of ether oxygens (including phenoxy) is 2. The highest BCUT2D eigenvalue weighted by molar-refractivity contribution is 5.82. The Hall–Kier alpha value is -3.23. The first-order valence-electron chi connectivity index (χ1n) is 8.56. The molecule has 1 heterocycles. The summed E-state index contributed by atoms with van der Waals surface area (Å²) in [6.07, 6.45) is -0.341. The molecule has 1 atom stereocenters. The topological polar surface area (TPSA) is 68.9 Å². The van der Waals surface area contributed by atoms with E-state index < -0.39 is 6.10 Å². The van der Waals surface area contributed by atoms with Crippen molar-refractivity contribution < 1.29 is 19.0 Å². The van der Waals surface area contributed by atoms with E-state index in [9.17, 15) is 9.90 Å². The van der Waals surface area contributed by atoms with E-state index in [2.05, 4.69) is 11.8 Å². The molecule has 0 aliphatic rings. The first kappa shape index (κ1) is 18.6. The van der Waals surface area contributed by atoms with Crippen molar-refractivity contribution in [3.63, 3.8) is 0 Å². The van der Waals surface area contributed by atoms with Gasteiger partial charge in [0.15, 0.2) is 17.3 Å². The predicted octanol–water partition coefficient (Wildman–Crippen LogP) is 3.60. The summed E-state index contributed by atoms with van der Waals surface area (Å²) in [5, 5.41) is 10.2. The number of aliphatic hydroxyl groups is 1. The highest BCUT2D eigenvalue weighted by Gasteiger charge is 2.16. The zero-order valence-electron chi connectivity index (χ0n) is 15.4. The molecular formula is C22H20O5. The summed E-state index contributed by atoms with van der Waals surface area (Å²) in [6, 6.07) is 12.2. The lowest BCUT2D eigenvalue weighted by molar-refractivity contribution is 0.228. The van der Waals surface area contributed by atoms with E-state index in [-0.39, 0.29) is 11.0 Å². The molecule has 0 aliphatic heterocycles. The second-order valence-corrected chi connectivity index (χ2v) is 5.89. The molecule has 0 aliphatic carbocycles. The summed E-state index contributed by atoms with van der Waals surface area (Å²) in [5.41, 5.74) is 1.06. The summed E-state index contributed by atoms with van der Waals surface area (Å²) < 4.78 is 16.6. The van der Waals surface area contributed by atoms with E-state index in [1.165, 1.54) is 7.11 Å². The van der Waals surface area contributed by atoms with Crippen LogP contribution in [0, 0.1) is 11.8 Å². The van der Waals surface area contributed by atoms with Gasteiger partial charge in [0.2, 0.25) is 5.43 Å². The highest BCUT2D eigenvalue weighted by atomic mass is 16.5. The Kier molecular flexibility index (Phi) is 5.49. The second kappa shape index (κ2) is 7.98. The molecule has 1 N–H and O–H groups in total. The molecule has 0 saturated carbocycles. The van der Waals surface area contributed by atoms with Crippen LogP contribution in [0.2, 0.25) is 0 Å². The van der Waals surface area contributed by atoms with Gasteiger partial charge in [0.05, 0.1) is 19.6 Å². The largest absolute Gasteiger partial charge is 0.493 e. The zero-order chi connectivity index (χ0) is 19.4. The third-order valence-electron chi connectivity index (χ3n) is 4.19. The van der Waals surface area contributed by atoms with E-state index in [0.717, 1.165) is 0 Å². The summed E-state index contributed by atoms with van der Waals surface area (Å²) in [5.74, 6) is 6.93. The molecular weight excluding hydrogens is 344 g/mol. The Balaban J connectivity index is 2.30. The van der Waals surface area contributed by atoms with Crippen molar-refractivity contribution in [3.8, 4) is 34.7 Å². The SMILES string of the molecule is CCC(O)C#Cc1c(-c2ccc(OC)c(OC)c2)oc2ccccc2c1=O. The van der Waals surface area contributed by atoms with Crippen molar-refractivity contribution in [3.05, 3.63) is 58.3 Å². The maximum Gasteiger partial charge on any atom is 0.208 e. The number of rotatable bonds is 4. The fourth-order valence-electron chi connectivity index (χ4n) is 2.69. The van der Waals surface area contributed by atoms with Gasteiger partial charge in [-0.15, -0.1) is 0 Å². The molecule has 3 aromatic rings. The van der Waals surface area contributed by atoms with Crippen LogP contribution < -0.4 is 14.9 Å². The third-order valence-corrected chi connectivity index (χ3v) is 4.19. The molecule has 0 radical (unpaired) electrons. The van der Waals surface area contributed by atoms with Crippen LogP contribution in [-0.2, 0) is 0 Å². The second-order valence-electron chi connectivity index (χ2n) is 5.89. The van der Waals surface area contributed by atoms with Gasteiger partial charge in [0, 0.05) is 5.56 Å². The van der Waals surface area contributed by atoms with Gasteiger partial charge in [0.25, 0.3) is 0 Å². The fourth-order valence-corrected chi connectivity index (χ4v) is 2.69. The van der Waals surface area contributed by atoms with Gasteiger partial charge in [0.1, 0.15) is 17.3 Å². The summed E-state index contributed by atoms with van der Waals surface area (Å²) in [4.78, 5) is 13.0. The van der Waals surface area contributed by atoms with Crippen molar-refractivity contribution in [1.82, 2.24) is 0 Å². The predicted molar refractivity (Wildman–Crippen MR) is 104 cm³/mol. The van der Waals surface area contributed by atoms with Crippen LogP contribution in [0.5, 0.6) is 11.5 Å². The molecule has 1 unspecified atom stereocenters. The van der Waals surface area contributed by atoms with Crippen LogP contribution in [0.4, 0.5) is 0 Å². The number of hydrogen-bond donors (Lipinski definition) is 1. The van der Waals surface area contributed by atoms with Crippen LogP contribution in [-0.4, -0.2) is 25.4 Å². The molecule has 2 aromatic carbocycles. The average molecular weight is 364 g/mol. The van der Waals surface area contributed by atoms with Gasteiger partial charge < -0.3 is 19.0 Å². The van der Waals surface area contributed by atoms with Crippen LogP contribution in [0.25, 0.3) is 22.3 Å². The van der Waals surface area contributed by atoms with Crippen LogP contribution >= 0.6 is 0 Å². The zero-order valence-corrected chi connectivity index (χ0v) is 15.4. The van der Waals surface area contributed by atoms with E-state index in [1.807, 2.05) is 6.92 Å². The number of fused-ring (bicyclic) bond motifs is 1. The number of aliphatic hydroxyl groups excluding tert-OH is 1. The first-order valence-corrected chi connectivity index (χ1v) is 8.56. The Morgan fingerprint density at radius 3 is 2.56 bits per heavy atom. The van der Waals surface area contributed by atoms with Gasteiger partial charge in [-0.2, -0.15) is 0 Å². The standard InChI is InChI=1S/C22H20O5/c1-4-15(23)10-11-17-21(24)16-7-5-6-8-18(16)27-22(17)14-9-12-19(25-2)20(13-14)26-3/h5-9,12-13,15,23H,4H2,1-3H3. The summed E-state index contributed by atoms with van der Waals surface area (Å²) in [7, 11) is 3.09. The van der Waals surface area contributed by atoms with E-state index in [0.29, 0.717) is 40.2 Å². The summed E-state index contributed by atoms with van der Waals surface area (Å²) >= 11 is 0. The summed E-state index contributed by atoms with van der Waals surface area (Å²) in [6.45, 7) is 1.82. The molecule has 0 bridgehead atoms. The minimum absolute atomic E-state index is 0.202. The lowest BCUT2D eigenvalue weighted by Crippen LogP contribution is -2.09. The van der Waals surface area contributed by atoms with Crippen LogP contribution in [0.3, 0.4) is 0 Å². The van der Waals surface area contributed by atoms with Crippen molar-refractivity contribution in [1.29, 1.82) is 0 Å². The Morgan fingerprint density at radius 1 is 1.11 bits per heavy atom. The van der Waals surface area contributed by atoms with Crippen molar-refractivity contribution >= 4 is 11.0 Å². The molecule has 27 heavy (non-hydrogen) atoms. The molecule has 0 spiro atoms. The first-order chi connectivity index (χ1) is 13.1. The van der Waals surface area contributed by atoms with Crippen LogP contribution in [0.1, 0.15) is 18.9 Å². The van der Waals surface area contributed by atoms with Gasteiger partial charge in [-0.1, -0.05) is 30.9 Å². The average Bonchev–Trinajstić information content (AvgIpc) is 2.72. The van der Waals surface area contributed by atoms with E-state index in [1.54, 1.807) is 49.6 Å². The maximum absolute atomic E-state index is 13.0. The van der Waals surface area contributed by atoms with E-state index >= 15 is 0 Å². The number of benzene rings is 2. The van der Waals surface area contributed by atoms with Gasteiger partial charge >= 0.3 is 0 Å². The van der Waals surface area contributed by atoms with Gasteiger partial charge in [-0.05, 0) is 36.8 Å². The monoisotopic (exact) mass is 364 g/mol. The Labute approximate surface area is 157 Å². The molecule has 3 rings (SSSR count). The van der Waals surface area contributed by atoms with Crippen molar-refractivity contribution in [2.24, 2.45) is 0 Å². The minimum Gasteiger partial charge on any atom is -0.493 e. The van der Waals surface area contributed by atoms with Crippen molar-refractivity contribution in [2.75, 3.05) is 14.2 Å². The molecule has 0 amide bonds. The normalized spacial score (nSPS) is 11.6. The molecule has 1 aromatic heterocycles. The number of methoxy groups -OCH3 is 2. The van der Waals surface area contributed by atoms with Gasteiger partial charge in [-0.3, -0.25) is 4.79 Å². The minimum atomic E-state index is -0.811. The molecule has 0 saturated heterocycles. The van der Waals surface area contributed by atoms with Gasteiger partial charge in [-0.25, -0.2) is 0 Å². The Bertz CT molecular complexity index is 1090. The molecule has 5 nitrogen and oxygen atoms in total. The molecule has 138 valence electrons. The quantitative estimate of drug-likeness (QED) is 0.717. The lowest BCUT2D eigenvalue weighted by Gasteiger charge is -2.11. The highest BCUT2D eigenvalue weighted by Crippen LogP contribution is 2.34.